The van der Waals surface area contributed by atoms with Crippen molar-refractivity contribution >= 4 is 29.9 Å². The lowest BCUT2D eigenvalue weighted by Crippen LogP contribution is -2.37. The Morgan fingerprint density at radius 1 is 1.12 bits per heavy atom. The van der Waals surface area contributed by atoms with Gasteiger partial charge in [0.1, 0.15) is 12.4 Å². The molecule has 0 aromatic heterocycles. The first kappa shape index (κ1) is 23.0. The summed E-state index contributed by atoms with van der Waals surface area (Å²) in [6, 6.07) is 8.12. The third-order valence-electron chi connectivity index (χ3n) is 4.72. The van der Waals surface area contributed by atoms with Gasteiger partial charge in [0.2, 0.25) is 0 Å². The summed E-state index contributed by atoms with van der Waals surface area (Å²) in [7, 11) is 3.49. The highest BCUT2D eigenvalue weighted by Gasteiger charge is 2.13. The highest BCUT2D eigenvalue weighted by Crippen LogP contribution is 2.28. The minimum Gasteiger partial charge on any atom is -0.491 e. The Morgan fingerprint density at radius 2 is 1.85 bits per heavy atom. The summed E-state index contributed by atoms with van der Waals surface area (Å²) in [6.45, 7) is 2.92. The van der Waals surface area contributed by atoms with E-state index in [1.807, 2.05) is 19.2 Å². The van der Waals surface area contributed by atoms with Crippen molar-refractivity contribution in [2.75, 3.05) is 33.9 Å². The van der Waals surface area contributed by atoms with Gasteiger partial charge < -0.3 is 20.1 Å². The third-order valence-corrected chi connectivity index (χ3v) is 4.72. The molecule has 0 bridgehead atoms. The molecule has 0 saturated heterocycles. The van der Waals surface area contributed by atoms with E-state index in [0.717, 1.165) is 30.7 Å². The van der Waals surface area contributed by atoms with Crippen LogP contribution in [0, 0.1) is 5.92 Å². The highest BCUT2D eigenvalue weighted by molar-refractivity contribution is 14.0. The molecule has 1 fully saturated rings. The largest absolute Gasteiger partial charge is 0.491 e. The summed E-state index contributed by atoms with van der Waals surface area (Å²) in [6.07, 6.45) is 8.28. The van der Waals surface area contributed by atoms with Crippen LogP contribution in [-0.2, 0) is 11.3 Å². The Labute approximate surface area is 175 Å². The van der Waals surface area contributed by atoms with E-state index in [1.165, 1.54) is 44.1 Å². The van der Waals surface area contributed by atoms with Crippen LogP contribution in [-0.4, -0.2) is 39.9 Å². The van der Waals surface area contributed by atoms with E-state index in [9.17, 15) is 0 Å². The number of nitrogens with one attached hydrogen (secondary N) is 2. The summed E-state index contributed by atoms with van der Waals surface area (Å²) in [5.41, 5.74) is 1.20. The average Bonchev–Trinajstić information content (AvgIpc) is 3.16. The van der Waals surface area contributed by atoms with Gasteiger partial charge in [-0.15, -0.1) is 24.0 Å². The van der Waals surface area contributed by atoms with Crippen LogP contribution in [0.2, 0.25) is 0 Å². The number of hydrogen-bond donors (Lipinski definition) is 2. The second-order valence-electron chi connectivity index (χ2n) is 6.63. The first-order valence-corrected chi connectivity index (χ1v) is 9.47. The van der Waals surface area contributed by atoms with Crippen LogP contribution in [0.25, 0.3) is 0 Å². The molecule has 1 aromatic carbocycles. The van der Waals surface area contributed by atoms with Crippen molar-refractivity contribution in [3.8, 4) is 5.75 Å². The van der Waals surface area contributed by atoms with Crippen LogP contribution in [0.5, 0.6) is 5.75 Å². The fourth-order valence-electron chi connectivity index (χ4n) is 3.25. The monoisotopic (exact) mass is 475 g/mol. The first-order valence-electron chi connectivity index (χ1n) is 9.47. The Kier molecular flexibility index (Phi) is 12.5. The van der Waals surface area contributed by atoms with Crippen molar-refractivity contribution in [1.29, 1.82) is 0 Å². The van der Waals surface area contributed by atoms with Crippen LogP contribution in [0.4, 0.5) is 0 Å². The summed E-state index contributed by atoms with van der Waals surface area (Å²) in [4.78, 5) is 4.30. The van der Waals surface area contributed by atoms with Gasteiger partial charge in [0, 0.05) is 27.2 Å². The average molecular weight is 475 g/mol. The smallest absolute Gasteiger partial charge is 0.191 e. The lowest BCUT2D eigenvalue weighted by molar-refractivity contribution is 0.146. The Balaban J connectivity index is 0.00000338. The van der Waals surface area contributed by atoms with Crippen LogP contribution < -0.4 is 15.4 Å². The van der Waals surface area contributed by atoms with Gasteiger partial charge in [-0.3, -0.25) is 4.99 Å². The molecule has 148 valence electrons. The van der Waals surface area contributed by atoms with Crippen molar-refractivity contribution in [3.05, 3.63) is 29.8 Å². The summed E-state index contributed by atoms with van der Waals surface area (Å²) in [5.74, 6) is 2.70. The van der Waals surface area contributed by atoms with Gasteiger partial charge in [0.15, 0.2) is 5.96 Å². The topological polar surface area (TPSA) is 54.9 Å². The van der Waals surface area contributed by atoms with E-state index >= 15 is 0 Å². The SMILES string of the molecule is CN=C(NCCCC1CCCC1)NCc1ccc(OCCOC)cc1.I. The van der Waals surface area contributed by atoms with Gasteiger partial charge in [0.05, 0.1) is 6.61 Å². The zero-order valence-electron chi connectivity index (χ0n) is 16.1. The molecule has 1 saturated carbocycles. The zero-order valence-corrected chi connectivity index (χ0v) is 18.5. The molecule has 1 aliphatic rings. The van der Waals surface area contributed by atoms with Crippen LogP contribution in [0.3, 0.4) is 0 Å². The van der Waals surface area contributed by atoms with Gasteiger partial charge >= 0.3 is 0 Å². The molecule has 0 radical (unpaired) electrons. The first-order chi connectivity index (χ1) is 12.3. The van der Waals surface area contributed by atoms with E-state index in [0.29, 0.717) is 13.2 Å². The predicted molar refractivity (Wildman–Crippen MR) is 119 cm³/mol. The van der Waals surface area contributed by atoms with Crippen molar-refractivity contribution < 1.29 is 9.47 Å². The molecular formula is C20H34IN3O2. The van der Waals surface area contributed by atoms with Gasteiger partial charge in [-0.2, -0.15) is 0 Å². The molecule has 0 aliphatic heterocycles. The molecular weight excluding hydrogens is 441 g/mol. The molecule has 1 aliphatic carbocycles. The molecule has 0 amide bonds. The number of hydrogen-bond acceptors (Lipinski definition) is 3. The maximum Gasteiger partial charge on any atom is 0.191 e. The van der Waals surface area contributed by atoms with Gasteiger partial charge in [-0.1, -0.05) is 37.8 Å². The summed E-state index contributed by atoms with van der Waals surface area (Å²) in [5, 5.41) is 6.77. The molecule has 6 heteroatoms. The number of rotatable bonds is 10. The number of ether oxygens (including phenoxy) is 2. The van der Waals surface area contributed by atoms with E-state index in [-0.39, 0.29) is 24.0 Å². The van der Waals surface area contributed by atoms with Gasteiger partial charge in [-0.05, 0) is 36.5 Å². The van der Waals surface area contributed by atoms with Crippen molar-refractivity contribution in [2.45, 2.75) is 45.1 Å². The van der Waals surface area contributed by atoms with Gasteiger partial charge in [0.25, 0.3) is 0 Å². The number of guanidine groups is 1. The van der Waals surface area contributed by atoms with Crippen molar-refractivity contribution in [2.24, 2.45) is 10.9 Å². The molecule has 0 atom stereocenters. The summed E-state index contributed by atoms with van der Waals surface area (Å²) >= 11 is 0. The summed E-state index contributed by atoms with van der Waals surface area (Å²) < 4.78 is 10.6. The van der Waals surface area contributed by atoms with E-state index in [1.54, 1.807) is 7.11 Å². The quantitative estimate of drug-likeness (QED) is 0.233. The minimum atomic E-state index is 0. The number of halogens is 1. The molecule has 2 rings (SSSR count). The Hall–Kier alpha value is -1.02. The zero-order chi connectivity index (χ0) is 17.7. The number of methoxy groups -OCH3 is 1. The minimum absolute atomic E-state index is 0. The molecule has 2 N–H and O–H groups in total. The second-order valence-corrected chi connectivity index (χ2v) is 6.63. The van der Waals surface area contributed by atoms with E-state index in [2.05, 4.69) is 27.8 Å². The molecule has 26 heavy (non-hydrogen) atoms. The van der Waals surface area contributed by atoms with Crippen LogP contribution in [0.1, 0.15) is 44.1 Å². The lowest BCUT2D eigenvalue weighted by Gasteiger charge is -2.13. The third kappa shape index (κ3) is 9.07. The van der Waals surface area contributed by atoms with Crippen LogP contribution in [0.15, 0.2) is 29.3 Å². The normalized spacial score (nSPS) is 14.8. The maximum atomic E-state index is 5.57. The standard InChI is InChI=1S/C20H33N3O2.HI/c1-21-20(22-13-5-8-17-6-3-4-7-17)23-16-18-9-11-19(12-10-18)25-15-14-24-2;/h9-12,17H,3-8,13-16H2,1-2H3,(H2,21,22,23);1H. The highest BCUT2D eigenvalue weighted by atomic mass is 127. The molecule has 0 unspecified atom stereocenters. The van der Waals surface area contributed by atoms with E-state index in [4.69, 9.17) is 9.47 Å². The lowest BCUT2D eigenvalue weighted by atomic mass is 10.0. The molecule has 1 aromatic rings. The molecule has 5 nitrogen and oxygen atoms in total. The Morgan fingerprint density at radius 3 is 2.50 bits per heavy atom. The van der Waals surface area contributed by atoms with Crippen molar-refractivity contribution in [3.63, 3.8) is 0 Å². The Bertz CT molecular complexity index is 502. The number of nitrogens with zero attached hydrogens (tertiary/aromatic N) is 1. The number of aliphatic imine (C=N–C) groups is 1. The second kappa shape index (κ2) is 14.1. The molecule has 0 spiro atoms. The molecule has 0 heterocycles. The van der Waals surface area contributed by atoms with E-state index < -0.39 is 0 Å². The maximum absolute atomic E-state index is 5.57. The fraction of sp³-hybridized carbons (Fsp3) is 0.650. The predicted octanol–water partition coefficient (Wildman–Crippen LogP) is 3.97. The van der Waals surface area contributed by atoms with Gasteiger partial charge in [-0.25, -0.2) is 0 Å². The van der Waals surface area contributed by atoms with Crippen molar-refractivity contribution in [1.82, 2.24) is 10.6 Å². The fourth-order valence-corrected chi connectivity index (χ4v) is 3.25. The van der Waals surface area contributed by atoms with Crippen LogP contribution >= 0.6 is 24.0 Å². The number of benzene rings is 1.